The van der Waals surface area contributed by atoms with Crippen LogP contribution in [-0.4, -0.2) is 47.8 Å². The highest BCUT2D eigenvalue weighted by molar-refractivity contribution is 8.11. The van der Waals surface area contributed by atoms with Gasteiger partial charge in [-0.25, -0.2) is 14.5 Å². The molecule has 0 bridgehead atoms. The normalized spacial score (nSPS) is 10.8. The van der Waals surface area contributed by atoms with Crippen LogP contribution in [0.1, 0.15) is 11.1 Å². The summed E-state index contributed by atoms with van der Waals surface area (Å²) in [6.45, 7) is 0.341. The van der Waals surface area contributed by atoms with Gasteiger partial charge in [0.2, 0.25) is 0 Å². The molecular formula is C20H21Cl2N3O3S. The number of nitrogens with zero attached hydrogens (tertiary/aromatic N) is 3. The summed E-state index contributed by atoms with van der Waals surface area (Å²) in [6, 6.07) is 11.2. The highest BCUT2D eigenvalue weighted by atomic mass is 35.5. The van der Waals surface area contributed by atoms with Crippen molar-refractivity contribution in [2.24, 2.45) is 4.99 Å². The van der Waals surface area contributed by atoms with Crippen LogP contribution in [0, 0.1) is 0 Å². The lowest BCUT2D eigenvalue weighted by Gasteiger charge is -2.25. The van der Waals surface area contributed by atoms with Crippen molar-refractivity contribution in [1.29, 1.82) is 0 Å². The number of halogens is 2. The maximum atomic E-state index is 13.0. The number of rotatable bonds is 6. The number of benzene rings is 2. The Morgan fingerprint density at radius 1 is 1.07 bits per heavy atom. The number of ether oxygens (including phenoxy) is 1. The standard InChI is InChI=1S/C20H21Cl2N3O3S/c1-24(11-14-4-7-16(28-2)8-5-14)20(27)25(19(26)23-13-29-3)12-15-6-9-17(21)18(22)10-15/h4-10,13H,11-12H2,1-3H3/b23-13+. The lowest BCUT2D eigenvalue weighted by Crippen LogP contribution is -2.42. The van der Waals surface area contributed by atoms with Crippen molar-refractivity contribution in [3.05, 3.63) is 63.6 Å². The fourth-order valence-corrected chi connectivity index (χ4v) is 3.00. The quantitative estimate of drug-likeness (QED) is 0.423. The maximum Gasteiger partial charge on any atom is 0.352 e. The lowest BCUT2D eigenvalue weighted by molar-refractivity contribution is 0.162. The summed E-state index contributed by atoms with van der Waals surface area (Å²) in [5.74, 6) is 0.727. The third kappa shape index (κ3) is 6.66. The Hall–Kier alpha value is -2.22. The van der Waals surface area contributed by atoms with E-state index in [2.05, 4.69) is 4.99 Å². The number of carbonyl (C=O) groups is 2. The zero-order chi connectivity index (χ0) is 21.4. The molecule has 0 heterocycles. The molecule has 0 fully saturated rings. The zero-order valence-corrected chi connectivity index (χ0v) is 18.6. The predicted molar refractivity (Wildman–Crippen MR) is 119 cm³/mol. The summed E-state index contributed by atoms with van der Waals surface area (Å²) in [4.78, 5) is 31.9. The lowest BCUT2D eigenvalue weighted by atomic mass is 10.2. The number of aliphatic imine (C=N–C) groups is 1. The first-order valence-electron chi connectivity index (χ1n) is 8.54. The van der Waals surface area contributed by atoms with E-state index in [1.807, 2.05) is 24.3 Å². The number of imide groups is 1. The summed E-state index contributed by atoms with van der Waals surface area (Å²) in [5.41, 5.74) is 2.95. The molecule has 0 atom stereocenters. The second kappa shape index (κ2) is 11.1. The minimum atomic E-state index is -0.656. The van der Waals surface area contributed by atoms with E-state index in [-0.39, 0.29) is 6.54 Å². The van der Waals surface area contributed by atoms with Gasteiger partial charge in [-0.1, -0.05) is 41.4 Å². The van der Waals surface area contributed by atoms with Gasteiger partial charge in [0.15, 0.2) is 0 Å². The van der Waals surface area contributed by atoms with Gasteiger partial charge in [-0.15, -0.1) is 11.8 Å². The van der Waals surface area contributed by atoms with Crippen LogP contribution in [0.4, 0.5) is 9.59 Å². The molecule has 2 aromatic rings. The summed E-state index contributed by atoms with van der Waals surface area (Å²) >= 11 is 13.3. The Morgan fingerprint density at radius 2 is 1.72 bits per heavy atom. The van der Waals surface area contributed by atoms with Gasteiger partial charge < -0.3 is 9.64 Å². The van der Waals surface area contributed by atoms with Gasteiger partial charge in [0.25, 0.3) is 0 Å². The monoisotopic (exact) mass is 453 g/mol. The highest BCUT2D eigenvalue weighted by Crippen LogP contribution is 2.24. The third-order valence-electron chi connectivity index (χ3n) is 3.96. The number of hydrogen-bond acceptors (Lipinski definition) is 4. The first-order valence-corrected chi connectivity index (χ1v) is 10.6. The van der Waals surface area contributed by atoms with Crippen LogP contribution >= 0.6 is 35.0 Å². The van der Waals surface area contributed by atoms with Crippen LogP contribution in [0.25, 0.3) is 0 Å². The maximum absolute atomic E-state index is 13.0. The molecular weight excluding hydrogens is 433 g/mol. The predicted octanol–water partition coefficient (Wildman–Crippen LogP) is 5.57. The fourth-order valence-electron chi connectivity index (χ4n) is 2.48. The molecule has 9 heteroatoms. The highest BCUT2D eigenvalue weighted by Gasteiger charge is 2.25. The number of hydrogen-bond donors (Lipinski definition) is 0. The molecule has 6 nitrogen and oxygen atoms in total. The first kappa shape index (κ1) is 23.1. The van der Waals surface area contributed by atoms with Crippen LogP contribution in [0.5, 0.6) is 5.75 Å². The molecule has 29 heavy (non-hydrogen) atoms. The summed E-state index contributed by atoms with van der Waals surface area (Å²) < 4.78 is 5.14. The van der Waals surface area contributed by atoms with E-state index in [1.54, 1.807) is 38.6 Å². The minimum Gasteiger partial charge on any atom is -0.497 e. The van der Waals surface area contributed by atoms with Crippen LogP contribution in [0.3, 0.4) is 0 Å². The second-order valence-corrected chi connectivity index (χ2v) is 7.57. The van der Waals surface area contributed by atoms with Gasteiger partial charge in [-0.3, -0.25) is 0 Å². The number of carbonyl (C=O) groups excluding carboxylic acids is 2. The molecule has 0 aliphatic rings. The van der Waals surface area contributed by atoms with Crippen molar-refractivity contribution in [2.45, 2.75) is 13.1 Å². The molecule has 0 spiro atoms. The molecule has 0 aliphatic heterocycles. The Kier molecular flexibility index (Phi) is 8.82. The molecule has 0 saturated heterocycles. The summed E-state index contributed by atoms with van der Waals surface area (Å²) in [6.07, 6.45) is 1.78. The molecule has 2 aromatic carbocycles. The van der Waals surface area contributed by atoms with Crippen LogP contribution in [0.2, 0.25) is 10.0 Å². The fraction of sp³-hybridized carbons (Fsp3) is 0.250. The Morgan fingerprint density at radius 3 is 2.31 bits per heavy atom. The van der Waals surface area contributed by atoms with Crippen molar-refractivity contribution >= 4 is 52.6 Å². The van der Waals surface area contributed by atoms with Crippen LogP contribution in [-0.2, 0) is 13.1 Å². The van der Waals surface area contributed by atoms with Crippen molar-refractivity contribution in [3.63, 3.8) is 0 Å². The van der Waals surface area contributed by atoms with E-state index < -0.39 is 12.1 Å². The van der Waals surface area contributed by atoms with Crippen molar-refractivity contribution in [2.75, 3.05) is 20.4 Å². The van der Waals surface area contributed by atoms with E-state index >= 15 is 0 Å². The van der Waals surface area contributed by atoms with Gasteiger partial charge in [0.1, 0.15) is 5.75 Å². The van der Waals surface area contributed by atoms with Gasteiger partial charge >= 0.3 is 12.1 Å². The van der Waals surface area contributed by atoms with Crippen molar-refractivity contribution in [1.82, 2.24) is 9.80 Å². The third-order valence-corrected chi connectivity index (χ3v) is 5.02. The number of amides is 4. The zero-order valence-electron chi connectivity index (χ0n) is 16.3. The van der Waals surface area contributed by atoms with Crippen molar-refractivity contribution in [3.8, 4) is 5.75 Å². The smallest absolute Gasteiger partial charge is 0.352 e. The minimum absolute atomic E-state index is 0.0211. The number of methoxy groups -OCH3 is 1. The molecule has 0 saturated carbocycles. The Balaban J connectivity index is 2.20. The van der Waals surface area contributed by atoms with Gasteiger partial charge in [0, 0.05) is 13.6 Å². The van der Waals surface area contributed by atoms with E-state index in [0.29, 0.717) is 22.2 Å². The molecule has 0 N–H and O–H groups in total. The first-order chi connectivity index (χ1) is 13.8. The van der Waals surface area contributed by atoms with Gasteiger partial charge in [0.05, 0.1) is 29.2 Å². The van der Waals surface area contributed by atoms with Crippen LogP contribution in [0.15, 0.2) is 47.5 Å². The number of thioether (sulfide) groups is 1. The topological polar surface area (TPSA) is 62.2 Å². The average molecular weight is 454 g/mol. The second-order valence-electron chi connectivity index (χ2n) is 6.07. The number of urea groups is 2. The van der Waals surface area contributed by atoms with E-state index in [9.17, 15) is 9.59 Å². The molecule has 154 valence electrons. The molecule has 0 radical (unpaired) electrons. The van der Waals surface area contributed by atoms with Gasteiger partial charge in [-0.2, -0.15) is 4.99 Å². The van der Waals surface area contributed by atoms with Crippen LogP contribution < -0.4 is 4.74 Å². The van der Waals surface area contributed by atoms with E-state index in [4.69, 9.17) is 27.9 Å². The Bertz CT molecular complexity index is 891. The van der Waals surface area contributed by atoms with E-state index in [0.717, 1.165) is 16.2 Å². The van der Waals surface area contributed by atoms with Gasteiger partial charge in [-0.05, 0) is 41.6 Å². The Labute approximate surface area is 184 Å². The van der Waals surface area contributed by atoms with E-state index in [1.165, 1.54) is 22.2 Å². The summed E-state index contributed by atoms with van der Waals surface area (Å²) in [7, 11) is 3.21. The molecule has 0 aromatic heterocycles. The molecule has 2 rings (SSSR count). The molecule has 0 aliphatic carbocycles. The molecule has 4 amide bonds. The largest absolute Gasteiger partial charge is 0.497 e. The van der Waals surface area contributed by atoms with Crippen molar-refractivity contribution < 1.29 is 14.3 Å². The summed E-state index contributed by atoms with van der Waals surface area (Å²) in [5, 5.41) is 0.750. The average Bonchev–Trinajstić information content (AvgIpc) is 2.72. The molecule has 0 unspecified atom stereocenters. The SMILES string of the molecule is COc1ccc(CN(C)C(=O)N(Cc2ccc(Cl)c(Cl)c2)C(=O)/N=C/SC)cc1.